The third kappa shape index (κ3) is 3.31. The van der Waals surface area contributed by atoms with Gasteiger partial charge in [-0.2, -0.15) is 5.10 Å². The first-order valence-corrected chi connectivity index (χ1v) is 12.2. The topological polar surface area (TPSA) is 103 Å². The molecule has 1 aliphatic heterocycles. The largest absolute Gasteiger partial charge is 0.379 e. The first kappa shape index (κ1) is 22.5. The van der Waals surface area contributed by atoms with E-state index in [0.717, 1.165) is 24.3 Å². The minimum absolute atomic E-state index is 0.00101. The Kier molecular flexibility index (Phi) is 5.02. The van der Waals surface area contributed by atoms with Crippen LogP contribution in [-0.4, -0.2) is 80.8 Å². The molecule has 1 amide bonds. The van der Waals surface area contributed by atoms with Crippen LogP contribution >= 0.6 is 0 Å². The molecule has 2 N–H and O–H groups in total. The first-order chi connectivity index (χ1) is 16.7. The number of aromatic amines is 2. The maximum Gasteiger partial charge on any atom is 0.258 e. The number of alkyl halides is 2. The Morgan fingerprint density at radius 1 is 1.37 bits per heavy atom. The zero-order valence-corrected chi connectivity index (χ0v) is 20.1. The molecule has 0 bridgehead atoms. The van der Waals surface area contributed by atoms with Gasteiger partial charge >= 0.3 is 0 Å². The predicted molar refractivity (Wildman–Crippen MR) is 125 cm³/mol. The van der Waals surface area contributed by atoms with Gasteiger partial charge in [0.05, 0.1) is 31.1 Å². The number of fused-ring (bicyclic) bond motifs is 3. The second-order valence-electron chi connectivity index (χ2n) is 10.1. The third-order valence-corrected chi connectivity index (χ3v) is 8.18. The molecule has 6 rings (SSSR count). The Morgan fingerprint density at radius 2 is 2.14 bits per heavy atom. The number of aromatic nitrogens is 5. The fourth-order valence-corrected chi connectivity index (χ4v) is 5.76. The van der Waals surface area contributed by atoms with Crippen molar-refractivity contribution >= 4 is 22.8 Å². The molecule has 0 aromatic carbocycles. The van der Waals surface area contributed by atoms with Crippen molar-refractivity contribution in [3.05, 3.63) is 23.5 Å². The lowest BCUT2D eigenvalue weighted by molar-refractivity contribution is -0.124. The van der Waals surface area contributed by atoms with Gasteiger partial charge in [0, 0.05) is 48.6 Å². The molecule has 1 saturated heterocycles. The minimum atomic E-state index is -2.65. The standard InChI is InChI=1S/C24H29F2N7O2/c1-4-33(22(34)13(2)32-5-7-35-8-6-32)14-9-16-20(27-12-14)29-21(28-16)19-15-10-18-23(3,24(18,25)26)11-17(15)30-31-19/h9,12-13,18H,4-8,10-11H2,1-3H3,(H,30,31)(H,27,28,29)/t13?,18-,23+/m0/s1. The number of ether oxygens (including phenoxy) is 1. The Labute approximate surface area is 201 Å². The number of morpholine rings is 1. The predicted octanol–water partition coefficient (Wildman–Crippen LogP) is 2.79. The maximum atomic E-state index is 14.3. The quantitative estimate of drug-likeness (QED) is 0.576. The van der Waals surface area contributed by atoms with E-state index in [-0.39, 0.29) is 24.8 Å². The number of carbonyl (C=O) groups is 1. The number of H-pyrrole nitrogens is 2. The summed E-state index contributed by atoms with van der Waals surface area (Å²) in [5, 5.41) is 7.36. The fourth-order valence-electron chi connectivity index (χ4n) is 5.76. The summed E-state index contributed by atoms with van der Waals surface area (Å²) in [7, 11) is 0. The van der Waals surface area contributed by atoms with Crippen molar-refractivity contribution in [2.45, 2.75) is 45.6 Å². The molecule has 9 nitrogen and oxygen atoms in total. The minimum Gasteiger partial charge on any atom is -0.379 e. The molecule has 2 fully saturated rings. The van der Waals surface area contributed by atoms with Gasteiger partial charge in [-0.05, 0) is 26.3 Å². The van der Waals surface area contributed by atoms with Crippen molar-refractivity contribution in [3.8, 4) is 11.5 Å². The van der Waals surface area contributed by atoms with Crippen LogP contribution < -0.4 is 4.90 Å². The lowest BCUT2D eigenvalue weighted by atomic mass is 9.87. The lowest BCUT2D eigenvalue weighted by Crippen LogP contribution is -2.51. The SMILES string of the molecule is CCN(C(=O)C(C)N1CCOCC1)c1cnc2[nH]c(-c3n[nH]c4c3C[C@@H]3C(F)(F)[C@]3(C)C4)nc2c1. The number of anilines is 1. The third-order valence-electron chi connectivity index (χ3n) is 8.18. The highest BCUT2D eigenvalue weighted by Gasteiger charge is 2.78. The molecule has 0 radical (unpaired) electrons. The normalized spacial score (nSPS) is 26.3. The molecule has 186 valence electrons. The number of imidazole rings is 1. The Morgan fingerprint density at radius 3 is 2.89 bits per heavy atom. The van der Waals surface area contributed by atoms with Crippen LogP contribution in [0, 0.1) is 11.3 Å². The van der Waals surface area contributed by atoms with E-state index < -0.39 is 17.3 Å². The molecule has 3 aromatic rings. The highest BCUT2D eigenvalue weighted by Crippen LogP contribution is 2.70. The summed E-state index contributed by atoms with van der Waals surface area (Å²) in [5.41, 5.74) is 2.95. The van der Waals surface area contributed by atoms with Gasteiger partial charge in [0.15, 0.2) is 11.5 Å². The van der Waals surface area contributed by atoms with E-state index in [1.54, 1.807) is 18.0 Å². The monoisotopic (exact) mass is 485 g/mol. The van der Waals surface area contributed by atoms with Crippen molar-refractivity contribution in [2.75, 3.05) is 37.7 Å². The lowest BCUT2D eigenvalue weighted by Gasteiger charge is -2.34. The summed E-state index contributed by atoms with van der Waals surface area (Å²) in [5.74, 6) is -2.82. The molecule has 2 aliphatic carbocycles. The van der Waals surface area contributed by atoms with Gasteiger partial charge in [0.25, 0.3) is 5.92 Å². The zero-order valence-electron chi connectivity index (χ0n) is 20.1. The Hall–Kier alpha value is -2.92. The van der Waals surface area contributed by atoms with E-state index >= 15 is 0 Å². The number of amides is 1. The summed E-state index contributed by atoms with van der Waals surface area (Å²) in [6, 6.07) is 1.56. The average molecular weight is 486 g/mol. The van der Waals surface area contributed by atoms with E-state index in [9.17, 15) is 13.6 Å². The number of halogens is 2. The van der Waals surface area contributed by atoms with Gasteiger partial charge in [0.1, 0.15) is 11.2 Å². The van der Waals surface area contributed by atoms with Crippen molar-refractivity contribution in [1.29, 1.82) is 0 Å². The van der Waals surface area contributed by atoms with Crippen molar-refractivity contribution < 1.29 is 18.3 Å². The van der Waals surface area contributed by atoms with Crippen molar-refractivity contribution in [3.63, 3.8) is 0 Å². The highest BCUT2D eigenvalue weighted by atomic mass is 19.3. The van der Waals surface area contributed by atoms with Crippen LogP contribution in [0.4, 0.5) is 14.5 Å². The fraction of sp³-hybridized carbons (Fsp3) is 0.583. The number of likely N-dealkylation sites (N-methyl/N-ethyl adjacent to an activating group) is 1. The van der Waals surface area contributed by atoms with Gasteiger partial charge in [0.2, 0.25) is 5.91 Å². The van der Waals surface area contributed by atoms with Crippen molar-refractivity contribution in [2.24, 2.45) is 11.3 Å². The molecule has 35 heavy (non-hydrogen) atoms. The van der Waals surface area contributed by atoms with Gasteiger partial charge in [-0.1, -0.05) is 6.92 Å². The van der Waals surface area contributed by atoms with Crippen LogP contribution in [-0.2, 0) is 22.4 Å². The van der Waals surface area contributed by atoms with Gasteiger partial charge < -0.3 is 14.6 Å². The summed E-state index contributed by atoms with van der Waals surface area (Å²) < 4.78 is 34.0. The maximum absolute atomic E-state index is 14.3. The summed E-state index contributed by atoms with van der Waals surface area (Å²) >= 11 is 0. The van der Waals surface area contributed by atoms with Crippen LogP contribution in [0.15, 0.2) is 12.3 Å². The molecule has 3 aliphatic rings. The molecular formula is C24H29F2N7O2. The van der Waals surface area contributed by atoms with E-state index in [1.165, 1.54) is 0 Å². The number of hydrogen-bond acceptors (Lipinski definition) is 6. The molecule has 4 heterocycles. The van der Waals surface area contributed by atoms with E-state index in [0.29, 0.717) is 48.1 Å². The Bertz CT molecular complexity index is 1300. The summed E-state index contributed by atoms with van der Waals surface area (Å²) in [6.45, 7) is 8.71. The number of carbonyl (C=O) groups excluding carboxylic acids is 1. The molecular weight excluding hydrogens is 456 g/mol. The average Bonchev–Trinajstić information content (AvgIpc) is 3.25. The van der Waals surface area contributed by atoms with Crippen LogP contribution in [0.5, 0.6) is 0 Å². The number of nitrogens with zero attached hydrogens (tertiary/aromatic N) is 5. The van der Waals surface area contributed by atoms with Crippen LogP contribution in [0.2, 0.25) is 0 Å². The number of nitrogens with one attached hydrogen (secondary N) is 2. The molecule has 1 unspecified atom stereocenters. The number of hydrogen-bond donors (Lipinski definition) is 2. The number of rotatable bonds is 5. The summed E-state index contributed by atoms with van der Waals surface area (Å²) in [4.78, 5) is 29.5. The molecule has 3 atom stereocenters. The molecule has 0 spiro atoms. The van der Waals surface area contributed by atoms with Crippen LogP contribution in [0.1, 0.15) is 32.0 Å². The van der Waals surface area contributed by atoms with E-state index in [1.807, 2.05) is 19.9 Å². The summed E-state index contributed by atoms with van der Waals surface area (Å²) in [6.07, 6.45) is 2.22. The van der Waals surface area contributed by atoms with Gasteiger partial charge in [-0.3, -0.25) is 14.8 Å². The van der Waals surface area contributed by atoms with Gasteiger partial charge in [-0.15, -0.1) is 0 Å². The molecule has 11 heteroatoms. The Balaban J connectivity index is 1.27. The zero-order chi connectivity index (χ0) is 24.5. The second kappa shape index (κ2) is 7.79. The molecule has 1 saturated carbocycles. The van der Waals surface area contributed by atoms with E-state index in [2.05, 4.69) is 30.0 Å². The van der Waals surface area contributed by atoms with Crippen LogP contribution in [0.3, 0.4) is 0 Å². The van der Waals surface area contributed by atoms with E-state index in [4.69, 9.17) is 4.74 Å². The highest BCUT2D eigenvalue weighted by molar-refractivity contribution is 5.98. The smallest absolute Gasteiger partial charge is 0.258 e. The van der Waals surface area contributed by atoms with Gasteiger partial charge in [-0.25, -0.2) is 18.7 Å². The number of pyridine rings is 1. The second-order valence-corrected chi connectivity index (χ2v) is 10.1. The first-order valence-electron chi connectivity index (χ1n) is 12.2. The van der Waals surface area contributed by atoms with Crippen LogP contribution in [0.25, 0.3) is 22.7 Å². The van der Waals surface area contributed by atoms with Crippen molar-refractivity contribution in [1.82, 2.24) is 30.0 Å². The molecule has 3 aromatic heterocycles.